The SMILES string of the molecule is C=C(CC(O)(CC(F)=C(F)F)C(F)(F)F)C1CCC2CCCCC2C1. The molecule has 2 saturated carbocycles. The molecule has 144 valence electrons. The lowest BCUT2D eigenvalue weighted by atomic mass is 9.65. The van der Waals surface area contributed by atoms with E-state index in [9.17, 15) is 31.4 Å². The lowest BCUT2D eigenvalue weighted by Crippen LogP contribution is -2.46. The van der Waals surface area contributed by atoms with Crippen molar-refractivity contribution in [1.82, 2.24) is 0 Å². The first-order chi connectivity index (χ1) is 11.5. The van der Waals surface area contributed by atoms with Crippen molar-refractivity contribution in [3.05, 3.63) is 24.1 Å². The van der Waals surface area contributed by atoms with Gasteiger partial charge in [0.1, 0.15) is 0 Å². The van der Waals surface area contributed by atoms with Gasteiger partial charge in [0.15, 0.2) is 11.4 Å². The predicted molar refractivity (Wildman–Crippen MR) is 82.5 cm³/mol. The first kappa shape index (κ1) is 20.3. The number of rotatable bonds is 5. The van der Waals surface area contributed by atoms with Crippen LogP contribution in [0.4, 0.5) is 26.3 Å². The molecule has 25 heavy (non-hydrogen) atoms. The Labute approximate surface area is 143 Å². The van der Waals surface area contributed by atoms with Crippen LogP contribution in [0.15, 0.2) is 24.1 Å². The van der Waals surface area contributed by atoms with Gasteiger partial charge in [-0.25, -0.2) is 4.39 Å². The smallest absolute Gasteiger partial charge is 0.380 e. The molecule has 0 aliphatic heterocycles. The molecule has 0 aromatic rings. The van der Waals surface area contributed by atoms with Gasteiger partial charge in [-0.3, -0.25) is 0 Å². The van der Waals surface area contributed by atoms with E-state index in [1.807, 2.05) is 0 Å². The topological polar surface area (TPSA) is 20.2 Å². The molecule has 0 aromatic heterocycles. The third-order valence-electron chi connectivity index (χ3n) is 5.82. The van der Waals surface area contributed by atoms with Gasteiger partial charge >= 0.3 is 12.3 Å². The largest absolute Gasteiger partial charge is 0.417 e. The maximum atomic E-state index is 13.2. The van der Waals surface area contributed by atoms with E-state index in [0.29, 0.717) is 24.7 Å². The molecule has 0 amide bonds. The molecule has 0 heterocycles. The number of hydrogen-bond acceptors (Lipinski definition) is 1. The molecule has 1 N–H and O–H groups in total. The number of aliphatic hydroxyl groups is 1. The van der Waals surface area contributed by atoms with E-state index < -0.39 is 36.5 Å². The van der Waals surface area contributed by atoms with Crippen molar-refractivity contribution >= 4 is 0 Å². The zero-order chi connectivity index (χ0) is 18.8. The summed E-state index contributed by atoms with van der Waals surface area (Å²) in [6.07, 6.45) is -4.00. The highest BCUT2D eigenvalue weighted by molar-refractivity contribution is 5.13. The van der Waals surface area contributed by atoms with Gasteiger partial charge in [0.05, 0.1) is 0 Å². The van der Waals surface area contributed by atoms with Gasteiger partial charge in [0.2, 0.25) is 0 Å². The minimum atomic E-state index is -5.22. The summed E-state index contributed by atoms with van der Waals surface area (Å²) in [5.74, 6) is -1.37. The summed E-state index contributed by atoms with van der Waals surface area (Å²) in [6.45, 7) is 3.68. The second kappa shape index (κ2) is 7.72. The van der Waals surface area contributed by atoms with Crippen LogP contribution >= 0.6 is 0 Å². The molecule has 2 rings (SSSR count). The Morgan fingerprint density at radius 2 is 1.52 bits per heavy atom. The fraction of sp³-hybridized carbons (Fsp3) is 0.778. The van der Waals surface area contributed by atoms with Gasteiger partial charge < -0.3 is 5.11 Å². The number of alkyl halides is 3. The Bertz CT molecular complexity index is 522. The summed E-state index contributed by atoms with van der Waals surface area (Å²) in [7, 11) is 0. The molecule has 0 aromatic carbocycles. The minimum absolute atomic E-state index is 0.177. The fourth-order valence-electron chi connectivity index (χ4n) is 4.35. The molecule has 4 unspecified atom stereocenters. The van der Waals surface area contributed by atoms with Gasteiger partial charge in [-0.1, -0.05) is 37.8 Å². The van der Waals surface area contributed by atoms with Gasteiger partial charge in [0.25, 0.3) is 0 Å². The lowest BCUT2D eigenvalue weighted by molar-refractivity contribution is -0.260. The third-order valence-corrected chi connectivity index (χ3v) is 5.82. The number of hydrogen-bond donors (Lipinski definition) is 1. The maximum Gasteiger partial charge on any atom is 0.417 e. The van der Waals surface area contributed by atoms with Crippen LogP contribution in [-0.2, 0) is 0 Å². The van der Waals surface area contributed by atoms with Gasteiger partial charge in [-0.2, -0.15) is 22.0 Å². The molecule has 4 atom stereocenters. The van der Waals surface area contributed by atoms with E-state index in [4.69, 9.17) is 0 Å². The average Bonchev–Trinajstić information content (AvgIpc) is 2.53. The van der Waals surface area contributed by atoms with E-state index in [-0.39, 0.29) is 11.5 Å². The zero-order valence-electron chi connectivity index (χ0n) is 14.0. The third kappa shape index (κ3) is 4.80. The molecule has 0 spiro atoms. The maximum absolute atomic E-state index is 13.2. The van der Waals surface area contributed by atoms with E-state index in [1.165, 1.54) is 6.42 Å². The first-order valence-electron chi connectivity index (χ1n) is 8.70. The van der Waals surface area contributed by atoms with Crippen LogP contribution < -0.4 is 0 Å². The van der Waals surface area contributed by atoms with Crippen molar-refractivity contribution in [2.24, 2.45) is 17.8 Å². The molecule has 0 saturated heterocycles. The molecular weight excluding hydrogens is 346 g/mol. The molecule has 0 bridgehead atoms. The molecule has 2 fully saturated rings. The van der Waals surface area contributed by atoms with Crippen LogP contribution in [-0.4, -0.2) is 16.9 Å². The van der Waals surface area contributed by atoms with Crippen LogP contribution in [0.2, 0.25) is 0 Å². The summed E-state index contributed by atoms with van der Waals surface area (Å²) in [5, 5.41) is 9.91. The minimum Gasteiger partial charge on any atom is -0.380 e. The van der Waals surface area contributed by atoms with E-state index in [2.05, 4.69) is 6.58 Å². The Morgan fingerprint density at radius 1 is 0.920 bits per heavy atom. The summed E-state index contributed by atoms with van der Waals surface area (Å²) in [5.41, 5.74) is -3.38. The summed E-state index contributed by atoms with van der Waals surface area (Å²) in [6, 6.07) is 0. The van der Waals surface area contributed by atoms with Gasteiger partial charge in [0, 0.05) is 12.8 Å². The predicted octanol–water partition coefficient (Wildman–Crippen LogP) is 6.30. The molecule has 1 nitrogen and oxygen atoms in total. The highest BCUT2D eigenvalue weighted by Crippen LogP contribution is 2.48. The van der Waals surface area contributed by atoms with Gasteiger partial charge in [-0.15, -0.1) is 0 Å². The van der Waals surface area contributed by atoms with E-state index >= 15 is 0 Å². The van der Waals surface area contributed by atoms with Crippen LogP contribution in [0, 0.1) is 17.8 Å². The standard InChI is InChI=1S/C18H24F6O/c1-11(13-7-6-12-4-2-3-5-14(12)8-13)9-17(25,18(22,23)24)10-15(19)16(20)21/h12-14,25H,1-10H2. The first-order valence-corrected chi connectivity index (χ1v) is 8.70. The zero-order valence-corrected chi connectivity index (χ0v) is 14.0. The highest BCUT2D eigenvalue weighted by Gasteiger charge is 2.55. The fourth-order valence-corrected chi connectivity index (χ4v) is 4.35. The van der Waals surface area contributed by atoms with Crippen molar-refractivity contribution in [1.29, 1.82) is 0 Å². The number of fused-ring (bicyclic) bond motifs is 1. The van der Waals surface area contributed by atoms with Crippen molar-refractivity contribution in [2.45, 2.75) is 69.6 Å². The molecule has 2 aliphatic rings. The normalized spacial score (nSPS) is 29.5. The van der Waals surface area contributed by atoms with E-state index in [1.54, 1.807) is 0 Å². The van der Waals surface area contributed by atoms with Crippen LogP contribution in [0.1, 0.15) is 57.8 Å². The summed E-state index contributed by atoms with van der Waals surface area (Å²) < 4.78 is 77.2. The molecular formula is C18H24F6O. The van der Waals surface area contributed by atoms with Crippen molar-refractivity contribution in [2.75, 3.05) is 0 Å². The van der Waals surface area contributed by atoms with Gasteiger partial charge in [-0.05, 0) is 37.0 Å². The lowest BCUT2D eigenvalue weighted by Gasteiger charge is -2.41. The Kier molecular flexibility index (Phi) is 6.28. The van der Waals surface area contributed by atoms with Crippen LogP contribution in [0.5, 0.6) is 0 Å². The van der Waals surface area contributed by atoms with Crippen LogP contribution in [0.3, 0.4) is 0 Å². The van der Waals surface area contributed by atoms with Crippen LogP contribution in [0.25, 0.3) is 0 Å². The molecule has 0 radical (unpaired) electrons. The summed E-state index contributed by atoms with van der Waals surface area (Å²) >= 11 is 0. The summed E-state index contributed by atoms with van der Waals surface area (Å²) in [4.78, 5) is 0. The van der Waals surface area contributed by atoms with Crippen molar-refractivity contribution in [3.63, 3.8) is 0 Å². The second-order valence-electron chi connectivity index (χ2n) is 7.52. The monoisotopic (exact) mass is 370 g/mol. The Morgan fingerprint density at radius 3 is 2.08 bits per heavy atom. The van der Waals surface area contributed by atoms with Crippen molar-refractivity contribution in [3.8, 4) is 0 Å². The second-order valence-corrected chi connectivity index (χ2v) is 7.52. The Hall–Kier alpha value is -0.980. The van der Waals surface area contributed by atoms with Crippen molar-refractivity contribution < 1.29 is 31.4 Å². The quantitative estimate of drug-likeness (QED) is 0.445. The number of halogens is 6. The highest BCUT2D eigenvalue weighted by atomic mass is 19.4. The van der Waals surface area contributed by atoms with E-state index in [0.717, 1.165) is 25.7 Å². The average molecular weight is 370 g/mol. The molecule has 2 aliphatic carbocycles. The Balaban J connectivity index is 2.08. The molecule has 7 heteroatoms.